The Morgan fingerprint density at radius 1 is 0.511 bits per heavy atom. The summed E-state index contributed by atoms with van der Waals surface area (Å²) in [4.78, 5) is 51.5. The lowest BCUT2D eigenvalue weighted by Gasteiger charge is -2.08. The number of carbonyl (C=O) groups excluding carboxylic acids is 4. The van der Waals surface area contributed by atoms with Crippen molar-refractivity contribution in [2.24, 2.45) is 0 Å². The van der Waals surface area contributed by atoms with Crippen LogP contribution in [0, 0.1) is 13.8 Å². The Balaban J connectivity index is 1.17. The highest BCUT2D eigenvalue weighted by Gasteiger charge is 2.23. The zero-order valence-corrected chi connectivity index (χ0v) is 26.2. The summed E-state index contributed by atoms with van der Waals surface area (Å²) in [6, 6.07) is 28.3. The molecule has 0 amide bonds. The van der Waals surface area contributed by atoms with Gasteiger partial charge in [0.15, 0.2) is 23.1 Å². The van der Waals surface area contributed by atoms with Crippen LogP contribution in [0.1, 0.15) is 77.8 Å². The number of rotatable bonds is 10. The average Bonchev–Trinajstić information content (AvgIpc) is 3.72. The fourth-order valence-electron chi connectivity index (χ4n) is 5.06. The second-order valence-corrected chi connectivity index (χ2v) is 11.3. The van der Waals surface area contributed by atoms with Crippen molar-refractivity contribution in [3.05, 3.63) is 154 Å². The van der Waals surface area contributed by atoms with Gasteiger partial charge in [-0.1, -0.05) is 35.4 Å². The van der Waals surface area contributed by atoms with Gasteiger partial charge >= 0.3 is 0 Å². The van der Waals surface area contributed by atoms with Crippen LogP contribution in [0.3, 0.4) is 0 Å². The maximum atomic E-state index is 13.4. The molecule has 232 valence electrons. The van der Waals surface area contributed by atoms with Gasteiger partial charge in [0.05, 0.1) is 22.5 Å². The number of ether oxygens (including phenoxy) is 1. The van der Waals surface area contributed by atoms with Crippen molar-refractivity contribution in [1.29, 1.82) is 0 Å². The summed E-state index contributed by atoms with van der Waals surface area (Å²) in [5.74, 6) is -0.336. The summed E-state index contributed by atoms with van der Waals surface area (Å²) < 4.78 is 9.03. The Morgan fingerprint density at radius 3 is 1.17 bits per heavy atom. The van der Waals surface area contributed by atoms with Gasteiger partial charge < -0.3 is 4.74 Å². The lowest BCUT2D eigenvalue weighted by atomic mass is 10.0. The van der Waals surface area contributed by atoms with E-state index in [1.54, 1.807) is 60.9 Å². The van der Waals surface area contributed by atoms with Gasteiger partial charge in [-0.2, -0.15) is 10.2 Å². The fourth-order valence-corrected chi connectivity index (χ4v) is 5.06. The molecule has 0 saturated heterocycles. The van der Waals surface area contributed by atoms with E-state index in [1.165, 1.54) is 23.2 Å². The third-order valence-corrected chi connectivity index (χ3v) is 7.65. The molecule has 0 fully saturated rings. The molecule has 4 aromatic carbocycles. The number of benzene rings is 4. The van der Waals surface area contributed by atoms with E-state index in [2.05, 4.69) is 10.2 Å². The van der Waals surface area contributed by atoms with Crippen LogP contribution in [0.25, 0.3) is 11.4 Å². The van der Waals surface area contributed by atoms with E-state index in [0.717, 1.165) is 22.5 Å². The first kappa shape index (κ1) is 30.8. The van der Waals surface area contributed by atoms with Crippen molar-refractivity contribution in [1.82, 2.24) is 19.6 Å². The van der Waals surface area contributed by atoms with E-state index < -0.39 is 0 Å². The predicted octanol–water partition coefficient (Wildman–Crippen LogP) is 7.33. The lowest BCUT2D eigenvalue weighted by molar-refractivity contribution is 0.0986. The van der Waals surface area contributed by atoms with Gasteiger partial charge in [0, 0.05) is 37.4 Å². The SMILES string of the molecule is CC(=O)c1nn(-c2ccc(C)cc2)cc1C(=O)c1ccc(Oc2ccc(C(=O)c3cn(-c4ccc(C)cc4)nc3C(C)=O)cc2)cc1. The van der Waals surface area contributed by atoms with Gasteiger partial charge in [-0.3, -0.25) is 19.2 Å². The van der Waals surface area contributed by atoms with Gasteiger partial charge in [-0.15, -0.1) is 0 Å². The normalized spacial score (nSPS) is 10.9. The van der Waals surface area contributed by atoms with Crippen LogP contribution >= 0.6 is 0 Å². The van der Waals surface area contributed by atoms with Crippen LogP contribution in [0.15, 0.2) is 109 Å². The zero-order chi connectivity index (χ0) is 33.2. The van der Waals surface area contributed by atoms with Crippen molar-refractivity contribution in [2.45, 2.75) is 27.7 Å². The highest BCUT2D eigenvalue weighted by Crippen LogP contribution is 2.26. The molecule has 0 bridgehead atoms. The Bertz CT molecular complexity index is 1980. The molecule has 0 aliphatic heterocycles. The topological polar surface area (TPSA) is 113 Å². The monoisotopic (exact) mass is 622 g/mol. The quantitative estimate of drug-likeness (QED) is 0.147. The summed E-state index contributed by atoms with van der Waals surface area (Å²) in [6.45, 7) is 6.72. The van der Waals surface area contributed by atoms with E-state index in [0.29, 0.717) is 22.6 Å². The number of ketones is 4. The Morgan fingerprint density at radius 2 is 0.851 bits per heavy atom. The second-order valence-electron chi connectivity index (χ2n) is 11.3. The molecule has 0 radical (unpaired) electrons. The molecule has 6 aromatic rings. The van der Waals surface area contributed by atoms with E-state index >= 15 is 0 Å². The molecule has 0 unspecified atom stereocenters. The first-order chi connectivity index (χ1) is 22.6. The molecule has 2 aromatic heterocycles. The Hall–Kier alpha value is -6.22. The van der Waals surface area contributed by atoms with Crippen molar-refractivity contribution in [2.75, 3.05) is 0 Å². The molecule has 0 saturated carbocycles. The lowest BCUT2D eigenvalue weighted by Crippen LogP contribution is -2.07. The number of hydrogen-bond acceptors (Lipinski definition) is 7. The number of aryl methyl sites for hydroxylation is 2. The van der Waals surface area contributed by atoms with Gasteiger partial charge in [0.2, 0.25) is 0 Å². The van der Waals surface area contributed by atoms with Crippen LogP contribution in [-0.2, 0) is 0 Å². The predicted molar refractivity (Wildman–Crippen MR) is 176 cm³/mol. The second kappa shape index (κ2) is 12.6. The summed E-state index contributed by atoms with van der Waals surface area (Å²) in [5, 5.41) is 8.75. The summed E-state index contributed by atoms with van der Waals surface area (Å²) in [5.41, 5.74) is 5.02. The van der Waals surface area contributed by atoms with Crippen LogP contribution in [0.2, 0.25) is 0 Å². The average molecular weight is 623 g/mol. The minimum Gasteiger partial charge on any atom is -0.457 e. The van der Waals surface area contributed by atoms with Gasteiger partial charge in [0.25, 0.3) is 0 Å². The molecule has 0 spiro atoms. The Kier molecular flexibility index (Phi) is 8.28. The highest BCUT2D eigenvalue weighted by atomic mass is 16.5. The molecule has 0 atom stereocenters. The minimum atomic E-state index is -0.335. The maximum absolute atomic E-state index is 13.4. The fraction of sp³-hybridized carbons (Fsp3) is 0.105. The summed E-state index contributed by atoms with van der Waals surface area (Å²) in [7, 11) is 0. The molecular formula is C38H30N4O5. The first-order valence-corrected chi connectivity index (χ1v) is 14.9. The van der Waals surface area contributed by atoms with Crippen LogP contribution in [0.5, 0.6) is 11.5 Å². The molecule has 2 heterocycles. The van der Waals surface area contributed by atoms with Crippen molar-refractivity contribution in [3.63, 3.8) is 0 Å². The molecule has 9 nitrogen and oxygen atoms in total. The molecule has 9 heteroatoms. The van der Waals surface area contributed by atoms with E-state index in [1.807, 2.05) is 62.4 Å². The van der Waals surface area contributed by atoms with E-state index in [4.69, 9.17) is 4.74 Å². The molecule has 0 aliphatic rings. The maximum Gasteiger partial charge on any atom is 0.196 e. The van der Waals surface area contributed by atoms with Crippen molar-refractivity contribution in [3.8, 4) is 22.9 Å². The third-order valence-electron chi connectivity index (χ3n) is 7.65. The van der Waals surface area contributed by atoms with Crippen LogP contribution < -0.4 is 4.74 Å². The van der Waals surface area contributed by atoms with Crippen LogP contribution in [-0.4, -0.2) is 42.7 Å². The highest BCUT2D eigenvalue weighted by molar-refractivity contribution is 6.15. The Labute approximate surface area is 271 Å². The van der Waals surface area contributed by atoms with Gasteiger partial charge in [0.1, 0.15) is 22.9 Å². The number of hydrogen-bond donors (Lipinski definition) is 0. The number of Topliss-reactive ketones (excluding diaryl/α,β-unsaturated/α-hetero) is 2. The summed E-state index contributed by atoms with van der Waals surface area (Å²) in [6.07, 6.45) is 3.15. The van der Waals surface area contributed by atoms with Gasteiger partial charge in [-0.25, -0.2) is 9.36 Å². The third kappa shape index (κ3) is 6.46. The molecule has 0 N–H and O–H groups in total. The largest absolute Gasteiger partial charge is 0.457 e. The number of carbonyl (C=O) groups is 4. The van der Waals surface area contributed by atoms with E-state index in [9.17, 15) is 19.2 Å². The van der Waals surface area contributed by atoms with Crippen molar-refractivity contribution < 1.29 is 23.9 Å². The smallest absolute Gasteiger partial charge is 0.196 e. The van der Waals surface area contributed by atoms with Crippen molar-refractivity contribution >= 4 is 23.1 Å². The number of aromatic nitrogens is 4. The molecule has 0 aliphatic carbocycles. The standard InChI is InChI=1S/C38H30N4O5/c1-23-5-13-29(14-6-23)41-21-33(35(39-41)25(3)43)37(45)27-9-17-31(18-10-27)47-32-19-11-28(12-20-32)38(46)34-22-42(40-36(34)26(4)44)30-15-7-24(2)8-16-30/h5-22H,1-4H3. The minimum absolute atomic E-state index is 0.100. The van der Waals surface area contributed by atoms with Crippen LogP contribution in [0.4, 0.5) is 0 Å². The summed E-state index contributed by atoms with van der Waals surface area (Å²) >= 11 is 0. The van der Waals surface area contributed by atoms with Gasteiger partial charge in [-0.05, 0) is 86.6 Å². The first-order valence-electron chi connectivity index (χ1n) is 14.9. The molecule has 47 heavy (non-hydrogen) atoms. The number of nitrogens with zero attached hydrogens (tertiary/aromatic N) is 4. The molecule has 6 rings (SSSR count). The zero-order valence-electron chi connectivity index (χ0n) is 26.2. The molecular weight excluding hydrogens is 592 g/mol. The van der Waals surface area contributed by atoms with E-state index in [-0.39, 0.29) is 45.6 Å².